The molecule has 0 bridgehead atoms. The van der Waals surface area contributed by atoms with Crippen LogP contribution in [0, 0.1) is 0 Å². The average Bonchev–Trinajstić information content (AvgIpc) is 2.60. The van der Waals surface area contributed by atoms with Crippen LogP contribution in [-0.4, -0.2) is 16.7 Å². The minimum atomic E-state index is 0.278. The van der Waals surface area contributed by atoms with Crippen LogP contribution in [-0.2, 0) is 0 Å². The van der Waals surface area contributed by atoms with Gasteiger partial charge in [0.1, 0.15) is 0 Å². The van der Waals surface area contributed by atoms with Crippen LogP contribution >= 0.6 is 0 Å². The molecule has 0 aliphatic carbocycles. The van der Waals surface area contributed by atoms with E-state index in [1.54, 1.807) is 0 Å². The highest BCUT2D eigenvalue weighted by atomic mass is 16.2. The van der Waals surface area contributed by atoms with Crippen molar-refractivity contribution in [3.05, 3.63) is 53.9 Å². The fourth-order valence-electron chi connectivity index (χ4n) is 2.38. The number of aliphatic hydroxyl groups excluding tert-OH is 1. The first-order valence-electron chi connectivity index (χ1n) is 9.42. The quantitative estimate of drug-likeness (QED) is 0.346. The molecule has 0 radical (unpaired) electrons. The van der Waals surface area contributed by atoms with Gasteiger partial charge in [-0.3, -0.25) is 0 Å². The smallest absolute Gasteiger partial charge is 0.0633 e. The molecule has 0 fully saturated rings. The number of allylic oxidation sites excluding steroid dienone is 4. The topological polar surface area (TPSA) is 33.1 Å². The molecule has 1 aromatic rings. The minimum absolute atomic E-state index is 0.278. The van der Waals surface area contributed by atoms with E-state index >= 15 is 0 Å². The van der Waals surface area contributed by atoms with Gasteiger partial charge in [-0.25, -0.2) is 4.98 Å². The number of aliphatic hydroxyl groups is 1. The van der Waals surface area contributed by atoms with Crippen molar-refractivity contribution >= 4 is 12.2 Å². The van der Waals surface area contributed by atoms with Gasteiger partial charge in [-0.15, -0.1) is 0 Å². The number of hydrogen-bond acceptors (Lipinski definition) is 2. The summed E-state index contributed by atoms with van der Waals surface area (Å²) in [6, 6.07) is 6.12. The van der Waals surface area contributed by atoms with Crippen molar-refractivity contribution < 1.29 is 5.11 Å². The summed E-state index contributed by atoms with van der Waals surface area (Å²) in [5, 5.41) is 8.76. The number of aromatic nitrogens is 1. The van der Waals surface area contributed by atoms with Crippen LogP contribution in [0.3, 0.4) is 0 Å². The Morgan fingerprint density at radius 2 is 1.38 bits per heavy atom. The van der Waals surface area contributed by atoms with E-state index in [0.717, 1.165) is 43.5 Å². The minimum Gasteiger partial charge on any atom is -0.396 e. The number of nitrogens with zero attached hydrogens (tertiary/aromatic N) is 1. The lowest BCUT2D eigenvalue weighted by atomic mass is 10.2. The molecule has 0 atom stereocenters. The molecule has 1 rings (SSSR count). The van der Waals surface area contributed by atoms with Crippen LogP contribution in [0.4, 0.5) is 0 Å². The first-order valence-corrected chi connectivity index (χ1v) is 9.42. The van der Waals surface area contributed by atoms with E-state index in [2.05, 4.69) is 48.4 Å². The molecule has 0 aliphatic heterocycles. The van der Waals surface area contributed by atoms with Gasteiger partial charge in [0.05, 0.1) is 11.4 Å². The van der Waals surface area contributed by atoms with Gasteiger partial charge in [-0.2, -0.15) is 0 Å². The third-order valence-electron chi connectivity index (χ3n) is 3.79. The largest absolute Gasteiger partial charge is 0.396 e. The Morgan fingerprint density at radius 1 is 0.792 bits per heavy atom. The number of rotatable bonds is 13. The zero-order valence-electron chi connectivity index (χ0n) is 15.2. The summed E-state index contributed by atoms with van der Waals surface area (Å²) in [4.78, 5) is 4.62. The van der Waals surface area contributed by atoms with Crippen molar-refractivity contribution in [2.75, 3.05) is 6.61 Å². The van der Waals surface area contributed by atoms with Crippen LogP contribution in [0.5, 0.6) is 0 Å². The normalized spacial score (nSPS) is 12.1. The van der Waals surface area contributed by atoms with E-state index in [0.29, 0.717) is 0 Å². The van der Waals surface area contributed by atoms with Crippen LogP contribution in [0.1, 0.15) is 76.1 Å². The SMILES string of the molecule is CCCCCC=CCCC=Cc1cccc(C=CCCCCO)n1. The molecule has 1 aromatic heterocycles. The monoisotopic (exact) mass is 327 g/mol. The molecule has 0 unspecified atom stereocenters. The molecule has 2 nitrogen and oxygen atoms in total. The van der Waals surface area contributed by atoms with Gasteiger partial charge in [0.2, 0.25) is 0 Å². The molecular formula is C22H33NO. The van der Waals surface area contributed by atoms with E-state index in [1.165, 1.54) is 25.7 Å². The van der Waals surface area contributed by atoms with Gasteiger partial charge in [0.25, 0.3) is 0 Å². The fraction of sp³-hybridized carbons (Fsp3) is 0.500. The summed E-state index contributed by atoms with van der Waals surface area (Å²) in [6.07, 6.45) is 23.3. The van der Waals surface area contributed by atoms with Crippen molar-refractivity contribution in [2.24, 2.45) is 0 Å². The van der Waals surface area contributed by atoms with Crippen molar-refractivity contribution in [1.29, 1.82) is 0 Å². The third kappa shape index (κ3) is 11.0. The molecule has 1 N–H and O–H groups in total. The Morgan fingerprint density at radius 3 is 2.08 bits per heavy atom. The molecule has 0 amide bonds. The number of hydrogen-bond donors (Lipinski definition) is 1. The van der Waals surface area contributed by atoms with E-state index in [1.807, 2.05) is 18.2 Å². The molecule has 0 aromatic carbocycles. The second-order valence-electron chi connectivity index (χ2n) is 6.06. The standard InChI is InChI=1S/C22H33NO/c1-2-3-4-5-6-7-8-9-12-16-21-18-15-19-22(23-21)17-13-10-11-14-20-24/h6-7,12-13,15-19,24H,2-5,8-11,14,20H2,1H3. The van der Waals surface area contributed by atoms with E-state index in [9.17, 15) is 0 Å². The van der Waals surface area contributed by atoms with Crippen molar-refractivity contribution in [3.8, 4) is 0 Å². The maximum absolute atomic E-state index is 8.76. The Bertz CT molecular complexity index is 502. The number of unbranched alkanes of at least 4 members (excludes halogenated alkanes) is 6. The first kappa shape index (κ1) is 20.4. The molecular weight excluding hydrogens is 294 g/mol. The number of pyridine rings is 1. The lowest BCUT2D eigenvalue weighted by molar-refractivity contribution is 0.285. The molecule has 0 aliphatic rings. The summed E-state index contributed by atoms with van der Waals surface area (Å²) in [5.41, 5.74) is 2.01. The van der Waals surface area contributed by atoms with Crippen LogP contribution < -0.4 is 0 Å². The third-order valence-corrected chi connectivity index (χ3v) is 3.79. The maximum Gasteiger partial charge on any atom is 0.0633 e. The highest BCUT2D eigenvalue weighted by molar-refractivity contribution is 5.50. The van der Waals surface area contributed by atoms with Crippen molar-refractivity contribution in [1.82, 2.24) is 4.98 Å². The van der Waals surface area contributed by atoms with Gasteiger partial charge in [0.15, 0.2) is 0 Å². The Kier molecular flexibility index (Phi) is 12.6. The predicted molar refractivity (Wildman–Crippen MR) is 106 cm³/mol. The van der Waals surface area contributed by atoms with E-state index in [4.69, 9.17) is 5.11 Å². The predicted octanol–water partition coefficient (Wildman–Crippen LogP) is 6.19. The molecule has 24 heavy (non-hydrogen) atoms. The van der Waals surface area contributed by atoms with Crippen LogP contribution in [0.25, 0.3) is 12.2 Å². The molecule has 0 saturated carbocycles. The summed E-state index contributed by atoms with van der Waals surface area (Å²) in [7, 11) is 0. The molecule has 0 spiro atoms. The van der Waals surface area contributed by atoms with E-state index in [-0.39, 0.29) is 6.61 Å². The lowest BCUT2D eigenvalue weighted by Crippen LogP contribution is -1.85. The first-order chi connectivity index (χ1) is 11.9. The van der Waals surface area contributed by atoms with Gasteiger partial charge in [-0.05, 0) is 69.2 Å². The Hall–Kier alpha value is -1.67. The fourth-order valence-corrected chi connectivity index (χ4v) is 2.38. The zero-order chi connectivity index (χ0) is 17.3. The molecule has 0 saturated heterocycles. The van der Waals surface area contributed by atoms with Gasteiger partial charge in [-0.1, -0.05) is 50.1 Å². The summed E-state index contributed by atoms with van der Waals surface area (Å²) < 4.78 is 0. The van der Waals surface area contributed by atoms with Crippen LogP contribution in [0.2, 0.25) is 0 Å². The van der Waals surface area contributed by atoms with Crippen LogP contribution in [0.15, 0.2) is 42.5 Å². The van der Waals surface area contributed by atoms with Crippen molar-refractivity contribution in [2.45, 2.75) is 64.7 Å². The van der Waals surface area contributed by atoms with Gasteiger partial charge < -0.3 is 5.11 Å². The van der Waals surface area contributed by atoms with E-state index < -0.39 is 0 Å². The zero-order valence-corrected chi connectivity index (χ0v) is 15.2. The van der Waals surface area contributed by atoms with Gasteiger partial charge >= 0.3 is 0 Å². The molecule has 132 valence electrons. The second kappa shape index (κ2) is 14.9. The lowest BCUT2D eigenvalue weighted by Gasteiger charge is -1.97. The molecule has 1 heterocycles. The molecule has 2 heteroatoms. The summed E-state index contributed by atoms with van der Waals surface area (Å²) in [6.45, 7) is 2.52. The maximum atomic E-state index is 8.76. The summed E-state index contributed by atoms with van der Waals surface area (Å²) in [5.74, 6) is 0. The highest BCUT2D eigenvalue weighted by Crippen LogP contribution is 2.07. The van der Waals surface area contributed by atoms with Gasteiger partial charge in [0, 0.05) is 6.61 Å². The van der Waals surface area contributed by atoms with Crippen molar-refractivity contribution in [3.63, 3.8) is 0 Å². The second-order valence-corrected chi connectivity index (χ2v) is 6.06. The highest BCUT2D eigenvalue weighted by Gasteiger charge is 1.91. The summed E-state index contributed by atoms with van der Waals surface area (Å²) >= 11 is 0. The Labute approximate surface area is 148 Å². The Balaban J connectivity index is 2.28. The average molecular weight is 328 g/mol.